The smallest absolute Gasteiger partial charge is 0.319 e. The summed E-state index contributed by atoms with van der Waals surface area (Å²) in [5.41, 5.74) is 1.12. The molecule has 1 unspecified atom stereocenters. The Bertz CT molecular complexity index is 432. The van der Waals surface area contributed by atoms with E-state index in [1.807, 2.05) is 6.92 Å². The molecule has 5 nitrogen and oxygen atoms in total. The van der Waals surface area contributed by atoms with Gasteiger partial charge in [0, 0.05) is 23.9 Å². The molecule has 0 aliphatic heterocycles. The highest BCUT2D eigenvalue weighted by Crippen LogP contribution is 2.11. The van der Waals surface area contributed by atoms with Crippen LogP contribution in [0.1, 0.15) is 30.6 Å². The van der Waals surface area contributed by atoms with E-state index in [0.29, 0.717) is 17.7 Å². The van der Waals surface area contributed by atoms with Crippen molar-refractivity contribution in [3.05, 3.63) is 29.8 Å². The lowest BCUT2D eigenvalue weighted by molar-refractivity contribution is 0.101. The zero-order valence-corrected chi connectivity index (χ0v) is 10.6. The summed E-state index contributed by atoms with van der Waals surface area (Å²) in [7, 11) is 0. The quantitative estimate of drug-likeness (QED) is 0.697. The van der Waals surface area contributed by atoms with Gasteiger partial charge in [-0.25, -0.2) is 4.79 Å². The van der Waals surface area contributed by atoms with Crippen molar-refractivity contribution >= 4 is 17.5 Å². The van der Waals surface area contributed by atoms with Gasteiger partial charge in [0.1, 0.15) is 0 Å². The van der Waals surface area contributed by atoms with Gasteiger partial charge in [-0.05, 0) is 32.4 Å². The van der Waals surface area contributed by atoms with E-state index in [4.69, 9.17) is 5.11 Å². The Morgan fingerprint density at radius 3 is 2.72 bits per heavy atom. The number of hydrogen-bond donors (Lipinski definition) is 3. The highest BCUT2D eigenvalue weighted by molar-refractivity contribution is 5.96. The van der Waals surface area contributed by atoms with E-state index >= 15 is 0 Å². The van der Waals surface area contributed by atoms with E-state index in [1.165, 1.54) is 6.92 Å². The average molecular weight is 250 g/mol. The number of aliphatic hydroxyl groups excluding tert-OH is 1. The van der Waals surface area contributed by atoms with E-state index in [-0.39, 0.29) is 24.5 Å². The number of carbonyl (C=O) groups is 2. The summed E-state index contributed by atoms with van der Waals surface area (Å²) in [6, 6.07) is 6.28. The number of hydrogen-bond acceptors (Lipinski definition) is 3. The second-order valence-corrected chi connectivity index (χ2v) is 4.15. The van der Waals surface area contributed by atoms with Crippen LogP contribution in [0.15, 0.2) is 24.3 Å². The lowest BCUT2D eigenvalue weighted by Crippen LogP contribution is -2.36. The Morgan fingerprint density at radius 1 is 1.39 bits per heavy atom. The number of ketones is 1. The molecule has 0 aliphatic carbocycles. The lowest BCUT2D eigenvalue weighted by atomic mass is 10.1. The van der Waals surface area contributed by atoms with Crippen LogP contribution in [0.2, 0.25) is 0 Å². The summed E-state index contributed by atoms with van der Waals surface area (Å²) in [6.45, 7) is 3.31. The number of anilines is 1. The maximum atomic E-state index is 11.6. The fourth-order valence-corrected chi connectivity index (χ4v) is 1.47. The lowest BCUT2D eigenvalue weighted by Gasteiger charge is -2.13. The first-order valence-electron chi connectivity index (χ1n) is 5.82. The summed E-state index contributed by atoms with van der Waals surface area (Å²) in [6.07, 6.45) is 0.501. The predicted octanol–water partition coefficient (Wildman–Crippen LogP) is 1.78. The number of benzene rings is 1. The van der Waals surface area contributed by atoms with E-state index in [2.05, 4.69) is 10.6 Å². The van der Waals surface area contributed by atoms with E-state index in [0.717, 1.165) is 0 Å². The molecule has 0 fully saturated rings. The largest absolute Gasteiger partial charge is 0.396 e. The molecule has 1 atom stereocenters. The van der Waals surface area contributed by atoms with Crippen LogP contribution in [0, 0.1) is 0 Å². The van der Waals surface area contributed by atoms with Crippen LogP contribution in [0.4, 0.5) is 10.5 Å². The van der Waals surface area contributed by atoms with Gasteiger partial charge in [0.15, 0.2) is 5.78 Å². The third-order valence-electron chi connectivity index (χ3n) is 2.47. The Morgan fingerprint density at radius 2 is 2.11 bits per heavy atom. The van der Waals surface area contributed by atoms with Gasteiger partial charge in [0.25, 0.3) is 0 Å². The van der Waals surface area contributed by atoms with E-state index in [1.54, 1.807) is 24.3 Å². The topological polar surface area (TPSA) is 78.4 Å². The second-order valence-electron chi connectivity index (χ2n) is 4.15. The maximum Gasteiger partial charge on any atom is 0.319 e. The normalized spacial score (nSPS) is 11.7. The highest BCUT2D eigenvalue weighted by atomic mass is 16.3. The number of rotatable bonds is 5. The van der Waals surface area contributed by atoms with Crippen LogP contribution in [0.25, 0.3) is 0 Å². The molecule has 3 N–H and O–H groups in total. The first-order chi connectivity index (χ1) is 8.52. The summed E-state index contributed by atoms with van der Waals surface area (Å²) in [4.78, 5) is 22.8. The molecule has 0 aromatic heterocycles. The molecular formula is C13H18N2O3. The second kappa shape index (κ2) is 6.76. The fourth-order valence-electron chi connectivity index (χ4n) is 1.47. The molecule has 18 heavy (non-hydrogen) atoms. The van der Waals surface area contributed by atoms with Gasteiger partial charge in [0.05, 0.1) is 0 Å². The van der Waals surface area contributed by atoms with Crippen molar-refractivity contribution in [2.45, 2.75) is 26.3 Å². The Kier molecular flexibility index (Phi) is 5.32. The van der Waals surface area contributed by atoms with Crippen molar-refractivity contribution in [2.24, 2.45) is 0 Å². The Hall–Kier alpha value is -1.88. The van der Waals surface area contributed by atoms with Crippen LogP contribution in [-0.2, 0) is 0 Å². The van der Waals surface area contributed by atoms with Gasteiger partial charge in [0.2, 0.25) is 0 Å². The van der Waals surface area contributed by atoms with Crippen LogP contribution >= 0.6 is 0 Å². The van der Waals surface area contributed by atoms with Crippen LogP contribution in [0.3, 0.4) is 0 Å². The van der Waals surface area contributed by atoms with Gasteiger partial charge in [-0.3, -0.25) is 4.79 Å². The van der Waals surface area contributed by atoms with Crippen LogP contribution in [0.5, 0.6) is 0 Å². The standard InChI is InChI=1S/C13H18N2O3/c1-9(6-7-16)14-13(18)15-12-5-3-4-11(8-12)10(2)17/h3-5,8-9,16H,6-7H2,1-2H3,(H2,14,15,18). The molecule has 0 heterocycles. The Balaban J connectivity index is 2.59. The molecular weight excluding hydrogens is 232 g/mol. The number of nitrogens with one attached hydrogen (secondary N) is 2. The molecule has 0 aliphatic rings. The summed E-state index contributed by atoms with van der Waals surface area (Å²) < 4.78 is 0. The van der Waals surface area contributed by atoms with Gasteiger partial charge < -0.3 is 15.7 Å². The number of Topliss-reactive ketones (excluding diaryl/α,β-unsaturated/α-hetero) is 1. The van der Waals surface area contributed by atoms with Gasteiger partial charge >= 0.3 is 6.03 Å². The maximum absolute atomic E-state index is 11.6. The number of aliphatic hydroxyl groups is 1. The average Bonchev–Trinajstić information content (AvgIpc) is 2.29. The molecule has 0 radical (unpaired) electrons. The third-order valence-corrected chi connectivity index (χ3v) is 2.47. The van der Waals surface area contributed by atoms with E-state index < -0.39 is 0 Å². The molecule has 0 saturated carbocycles. The zero-order valence-electron chi connectivity index (χ0n) is 10.6. The van der Waals surface area contributed by atoms with Crippen LogP contribution < -0.4 is 10.6 Å². The monoisotopic (exact) mass is 250 g/mol. The third kappa shape index (κ3) is 4.55. The first-order valence-corrected chi connectivity index (χ1v) is 5.82. The molecule has 5 heteroatoms. The summed E-state index contributed by atoms with van der Waals surface area (Å²) >= 11 is 0. The Labute approximate surface area is 106 Å². The summed E-state index contributed by atoms with van der Waals surface area (Å²) in [5, 5.41) is 14.1. The molecule has 0 bridgehead atoms. The number of urea groups is 1. The van der Waals surface area contributed by atoms with Gasteiger partial charge in [-0.2, -0.15) is 0 Å². The number of carbonyl (C=O) groups excluding carboxylic acids is 2. The van der Waals surface area contributed by atoms with Crippen molar-refractivity contribution in [3.63, 3.8) is 0 Å². The SMILES string of the molecule is CC(=O)c1cccc(NC(=O)NC(C)CCO)c1. The summed E-state index contributed by atoms with van der Waals surface area (Å²) in [5.74, 6) is -0.0484. The molecule has 0 spiro atoms. The first kappa shape index (κ1) is 14.2. The molecule has 1 rings (SSSR count). The van der Waals surface area contributed by atoms with Crippen molar-refractivity contribution < 1.29 is 14.7 Å². The predicted molar refractivity (Wildman–Crippen MR) is 69.8 cm³/mol. The number of amides is 2. The van der Waals surface area contributed by atoms with Crippen molar-refractivity contribution in [1.82, 2.24) is 5.32 Å². The molecule has 0 saturated heterocycles. The van der Waals surface area contributed by atoms with Crippen molar-refractivity contribution in [2.75, 3.05) is 11.9 Å². The van der Waals surface area contributed by atoms with Crippen molar-refractivity contribution in [3.8, 4) is 0 Å². The fraction of sp³-hybridized carbons (Fsp3) is 0.385. The van der Waals surface area contributed by atoms with Crippen LogP contribution in [-0.4, -0.2) is 29.6 Å². The molecule has 1 aromatic carbocycles. The minimum atomic E-state index is -0.350. The van der Waals surface area contributed by atoms with Crippen molar-refractivity contribution in [1.29, 1.82) is 0 Å². The minimum absolute atomic E-state index is 0.0290. The van der Waals surface area contributed by atoms with E-state index in [9.17, 15) is 9.59 Å². The van der Waals surface area contributed by atoms with Gasteiger partial charge in [-0.1, -0.05) is 12.1 Å². The van der Waals surface area contributed by atoms with Gasteiger partial charge in [-0.15, -0.1) is 0 Å². The highest BCUT2D eigenvalue weighted by Gasteiger charge is 2.07. The molecule has 98 valence electrons. The molecule has 1 aromatic rings. The minimum Gasteiger partial charge on any atom is -0.396 e. The molecule has 2 amide bonds. The zero-order chi connectivity index (χ0) is 13.5.